The van der Waals surface area contributed by atoms with Crippen molar-refractivity contribution in [1.82, 2.24) is 4.72 Å². The van der Waals surface area contributed by atoms with Crippen molar-refractivity contribution >= 4 is 38.4 Å². The molecule has 0 atom stereocenters. The van der Waals surface area contributed by atoms with Crippen molar-refractivity contribution in [2.24, 2.45) is 5.73 Å². The van der Waals surface area contributed by atoms with Crippen LogP contribution in [0.1, 0.15) is 26.7 Å². The second kappa shape index (κ2) is 7.70. The zero-order valence-corrected chi connectivity index (χ0v) is 14.5. The molecule has 0 aromatic heterocycles. The lowest BCUT2D eigenvalue weighted by atomic mass is 9.95. The number of hydrogen-bond donors (Lipinski definition) is 2. The molecule has 1 rings (SSSR count). The summed E-state index contributed by atoms with van der Waals surface area (Å²) in [5.41, 5.74) is 4.91. The van der Waals surface area contributed by atoms with Gasteiger partial charge in [0.25, 0.3) is 0 Å². The zero-order chi connectivity index (χ0) is 14.7. The van der Waals surface area contributed by atoms with Crippen molar-refractivity contribution in [2.75, 3.05) is 6.54 Å². The van der Waals surface area contributed by atoms with Gasteiger partial charge in [0.1, 0.15) is 10.7 Å². The predicted octanol–water partition coefficient (Wildman–Crippen LogP) is 2.81. The number of halogens is 3. The summed E-state index contributed by atoms with van der Waals surface area (Å²) in [5, 5.41) is 0. The molecule has 0 saturated carbocycles. The van der Waals surface area contributed by atoms with Crippen LogP contribution in [0.15, 0.2) is 27.6 Å². The van der Waals surface area contributed by atoms with Gasteiger partial charge in [-0.1, -0.05) is 29.8 Å². The highest BCUT2D eigenvalue weighted by atomic mass is 79.9. The average Bonchev–Trinajstić information content (AvgIpc) is 2.35. The summed E-state index contributed by atoms with van der Waals surface area (Å²) in [6.45, 7) is 3.85. The van der Waals surface area contributed by atoms with E-state index in [1.165, 1.54) is 12.1 Å². The van der Waals surface area contributed by atoms with Gasteiger partial charge in [0.05, 0.1) is 0 Å². The van der Waals surface area contributed by atoms with Gasteiger partial charge in [-0.25, -0.2) is 17.5 Å². The van der Waals surface area contributed by atoms with Crippen LogP contribution < -0.4 is 10.5 Å². The fraction of sp³-hybridized carbons (Fsp3) is 0.500. The average molecular weight is 390 g/mol. The lowest BCUT2D eigenvalue weighted by molar-refractivity contribution is 0.362. The van der Waals surface area contributed by atoms with E-state index in [4.69, 9.17) is 5.73 Å². The van der Waals surface area contributed by atoms with Gasteiger partial charge in [0.15, 0.2) is 0 Å². The number of hydrogen-bond acceptors (Lipinski definition) is 3. The molecule has 0 unspecified atom stereocenters. The van der Waals surface area contributed by atoms with E-state index < -0.39 is 21.4 Å². The topological polar surface area (TPSA) is 72.2 Å². The summed E-state index contributed by atoms with van der Waals surface area (Å²) in [5.74, 6) is -0.792. The zero-order valence-electron chi connectivity index (χ0n) is 11.3. The molecule has 3 N–H and O–H groups in total. The van der Waals surface area contributed by atoms with Crippen molar-refractivity contribution in [3.8, 4) is 0 Å². The number of nitrogens with one attached hydrogen (secondary N) is 1. The fourth-order valence-corrected chi connectivity index (χ4v) is 3.71. The van der Waals surface area contributed by atoms with E-state index in [-0.39, 0.29) is 23.8 Å². The van der Waals surface area contributed by atoms with Gasteiger partial charge in [-0.15, -0.1) is 12.4 Å². The van der Waals surface area contributed by atoms with Gasteiger partial charge in [-0.3, -0.25) is 0 Å². The quantitative estimate of drug-likeness (QED) is 0.786. The minimum Gasteiger partial charge on any atom is -0.329 e. The standard InChI is InChI=1S/C12H18BrFN2O2S.ClH/c1-3-12(4-2,8-15)16-19(17,18)11-6-5-9(13)7-10(11)14;/h5-7,16H,3-4,8,15H2,1-2H3;1H. The van der Waals surface area contributed by atoms with Crippen LogP contribution in [0, 0.1) is 5.82 Å². The number of rotatable bonds is 6. The van der Waals surface area contributed by atoms with Crippen LogP contribution >= 0.6 is 28.3 Å². The van der Waals surface area contributed by atoms with Crippen LogP contribution in [0.5, 0.6) is 0 Å². The van der Waals surface area contributed by atoms with E-state index in [1.54, 1.807) is 0 Å². The molecule has 20 heavy (non-hydrogen) atoms. The first-order valence-electron chi connectivity index (χ1n) is 5.99. The highest BCUT2D eigenvalue weighted by Crippen LogP contribution is 2.22. The number of nitrogens with two attached hydrogens (primary N) is 1. The molecule has 116 valence electrons. The molecule has 8 heteroatoms. The van der Waals surface area contributed by atoms with Gasteiger partial charge in [-0.2, -0.15) is 0 Å². The first-order chi connectivity index (χ1) is 8.80. The lowest BCUT2D eigenvalue weighted by Crippen LogP contribution is -2.52. The maximum absolute atomic E-state index is 13.8. The Morgan fingerprint density at radius 2 is 1.90 bits per heavy atom. The Morgan fingerprint density at radius 1 is 1.35 bits per heavy atom. The predicted molar refractivity (Wildman–Crippen MR) is 84.0 cm³/mol. The maximum atomic E-state index is 13.8. The van der Waals surface area contributed by atoms with E-state index in [1.807, 2.05) is 13.8 Å². The number of sulfonamides is 1. The maximum Gasteiger partial charge on any atom is 0.244 e. The van der Waals surface area contributed by atoms with Crippen LogP contribution in [-0.4, -0.2) is 20.5 Å². The molecular formula is C12H19BrClFN2O2S. The molecule has 0 heterocycles. The summed E-state index contributed by atoms with van der Waals surface area (Å²) >= 11 is 3.09. The van der Waals surface area contributed by atoms with E-state index in [0.717, 1.165) is 6.07 Å². The lowest BCUT2D eigenvalue weighted by Gasteiger charge is -2.31. The summed E-state index contributed by atoms with van der Waals surface area (Å²) in [6.07, 6.45) is 1.08. The molecule has 0 fully saturated rings. The Bertz CT molecular complexity index is 542. The van der Waals surface area contributed by atoms with E-state index in [9.17, 15) is 12.8 Å². The molecule has 1 aromatic carbocycles. The van der Waals surface area contributed by atoms with E-state index in [0.29, 0.717) is 17.3 Å². The van der Waals surface area contributed by atoms with Crippen LogP contribution in [-0.2, 0) is 10.0 Å². The minimum atomic E-state index is -3.93. The first-order valence-corrected chi connectivity index (χ1v) is 8.27. The van der Waals surface area contributed by atoms with E-state index in [2.05, 4.69) is 20.7 Å². The molecule has 0 bridgehead atoms. The van der Waals surface area contributed by atoms with Crippen molar-refractivity contribution in [1.29, 1.82) is 0 Å². The summed E-state index contributed by atoms with van der Waals surface area (Å²) < 4.78 is 41.2. The fourth-order valence-electron chi connectivity index (χ4n) is 1.76. The number of benzene rings is 1. The third-order valence-electron chi connectivity index (χ3n) is 3.28. The van der Waals surface area contributed by atoms with Gasteiger partial charge in [-0.05, 0) is 31.0 Å². The van der Waals surface area contributed by atoms with Gasteiger partial charge in [0.2, 0.25) is 10.0 Å². The second-order valence-corrected chi connectivity index (χ2v) is 6.94. The molecule has 0 aliphatic rings. The minimum absolute atomic E-state index is 0. The van der Waals surface area contributed by atoms with Crippen molar-refractivity contribution in [3.63, 3.8) is 0 Å². The van der Waals surface area contributed by atoms with Crippen LogP contribution in [0.3, 0.4) is 0 Å². The largest absolute Gasteiger partial charge is 0.329 e. The van der Waals surface area contributed by atoms with Crippen molar-refractivity contribution in [2.45, 2.75) is 37.1 Å². The Kier molecular flexibility index (Phi) is 7.62. The van der Waals surface area contributed by atoms with Gasteiger partial charge < -0.3 is 5.73 Å². The Labute approximate surface area is 133 Å². The van der Waals surface area contributed by atoms with Gasteiger partial charge in [0, 0.05) is 16.6 Å². The highest BCUT2D eigenvalue weighted by Gasteiger charge is 2.32. The molecule has 0 aliphatic heterocycles. The van der Waals surface area contributed by atoms with Gasteiger partial charge >= 0.3 is 0 Å². The highest BCUT2D eigenvalue weighted by molar-refractivity contribution is 9.10. The smallest absolute Gasteiger partial charge is 0.244 e. The molecule has 0 spiro atoms. The Balaban J connectivity index is 0.00000361. The van der Waals surface area contributed by atoms with Crippen LogP contribution in [0.2, 0.25) is 0 Å². The molecule has 1 aromatic rings. The molecule has 0 amide bonds. The SMILES string of the molecule is CCC(CC)(CN)NS(=O)(=O)c1ccc(Br)cc1F.Cl. The van der Waals surface area contributed by atoms with Crippen LogP contribution in [0.25, 0.3) is 0 Å². The van der Waals surface area contributed by atoms with Crippen LogP contribution in [0.4, 0.5) is 4.39 Å². The van der Waals surface area contributed by atoms with E-state index >= 15 is 0 Å². The first kappa shape index (κ1) is 19.8. The third-order valence-corrected chi connectivity index (χ3v) is 5.38. The normalized spacial score (nSPS) is 12.1. The Morgan fingerprint density at radius 3 is 2.30 bits per heavy atom. The molecule has 4 nitrogen and oxygen atoms in total. The van der Waals surface area contributed by atoms with Crippen molar-refractivity contribution in [3.05, 3.63) is 28.5 Å². The third kappa shape index (κ3) is 4.39. The summed E-state index contributed by atoms with van der Waals surface area (Å²) in [7, 11) is -3.93. The molecular weight excluding hydrogens is 371 g/mol. The molecule has 0 aliphatic carbocycles. The molecule has 0 radical (unpaired) electrons. The van der Waals surface area contributed by atoms with Crippen molar-refractivity contribution < 1.29 is 12.8 Å². The second-order valence-electron chi connectivity index (χ2n) is 4.37. The monoisotopic (exact) mass is 388 g/mol. The summed E-state index contributed by atoms with van der Waals surface area (Å²) in [4.78, 5) is -0.365. The molecule has 0 saturated heterocycles. The Hall–Kier alpha value is -0.210. The summed E-state index contributed by atoms with van der Waals surface area (Å²) in [6, 6.07) is 3.84.